The summed E-state index contributed by atoms with van der Waals surface area (Å²) in [5.41, 5.74) is 6.61. The molecule has 1 fully saturated rings. The van der Waals surface area contributed by atoms with Crippen LogP contribution in [0, 0.1) is 13.8 Å². The highest BCUT2D eigenvalue weighted by molar-refractivity contribution is 6.02. The van der Waals surface area contributed by atoms with Crippen molar-refractivity contribution >= 4 is 5.71 Å². The third-order valence-electron chi connectivity index (χ3n) is 4.20. The minimum absolute atomic E-state index is 0.467. The van der Waals surface area contributed by atoms with Crippen molar-refractivity contribution in [2.45, 2.75) is 58.4 Å². The number of nitrogens with zero attached hydrogens (tertiary/aromatic N) is 2. The van der Waals surface area contributed by atoms with Crippen LogP contribution in [0.1, 0.15) is 55.5 Å². The lowest BCUT2D eigenvalue weighted by molar-refractivity contribution is 0.619. The van der Waals surface area contributed by atoms with Crippen LogP contribution in [0.3, 0.4) is 0 Å². The number of rotatable bonds is 1. The van der Waals surface area contributed by atoms with E-state index < -0.39 is 0 Å². The number of hydrogen-bond acceptors (Lipinski definition) is 2. The summed E-state index contributed by atoms with van der Waals surface area (Å²) in [4.78, 5) is 4.84. The number of aryl methyl sites for hydroxylation is 2. The highest BCUT2D eigenvalue weighted by Gasteiger charge is 2.30. The van der Waals surface area contributed by atoms with Gasteiger partial charge in [0.1, 0.15) is 0 Å². The van der Waals surface area contributed by atoms with E-state index in [-0.39, 0.29) is 0 Å². The standard InChI is InChI=1S/C15H21N3/c1-9-7-8-12-13(5-4-6-14(12)16-9)15-10(2)17-18-11(15)3/h8-9,13H,4-7H2,1-3H3,(H,17,18). The molecule has 0 aromatic carbocycles. The summed E-state index contributed by atoms with van der Waals surface area (Å²) in [6, 6.07) is 0.467. The van der Waals surface area contributed by atoms with Gasteiger partial charge in [-0.1, -0.05) is 6.08 Å². The first-order chi connectivity index (χ1) is 8.66. The summed E-state index contributed by atoms with van der Waals surface area (Å²) in [5, 5.41) is 7.47. The van der Waals surface area contributed by atoms with Crippen molar-refractivity contribution in [1.82, 2.24) is 10.2 Å². The molecule has 96 valence electrons. The zero-order valence-electron chi connectivity index (χ0n) is 11.5. The SMILES string of the molecule is Cc1n[nH]c(C)c1C1CCCC2=NC(C)CC=C21. The number of hydrogen-bond donors (Lipinski definition) is 1. The van der Waals surface area contributed by atoms with E-state index in [1.54, 1.807) is 0 Å². The van der Waals surface area contributed by atoms with E-state index in [0.717, 1.165) is 18.5 Å². The second-order valence-corrected chi connectivity index (χ2v) is 5.61. The average Bonchev–Trinajstić information content (AvgIpc) is 2.68. The van der Waals surface area contributed by atoms with Gasteiger partial charge in [-0.3, -0.25) is 10.1 Å². The summed E-state index contributed by atoms with van der Waals surface area (Å²) in [7, 11) is 0. The first-order valence-corrected chi connectivity index (χ1v) is 6.95. The van der Waals surface area contributed by atoms with Crippen LogP contribution in [0.5, 0.6) is 0 Å². The molecule has 0 spiro atoms. The van der Waals surface area contributed by atoms with E-state index in [1.807, 2.05) is 0 Å². The molecule has 2 unspecified atom stereocenters. The minimum Gasteiger partial charge on any atom is -0.286 e. The lowest BCUT2D eigenvalue weighted by Gasteiger charge is -2.31. The van der Waals surface area contributed by atoms with Crippen LogP contribution in [-0.2, 0) is 0 Å². The van der Waals surface area contributed by atoms with E-state index in [0.29, 0.717) is 12.0 Å². The Morgan fingerprint density at radius 1 is 1.33 bits per heavy atom. The maximum atomic E-state index is 4.84. The molecule has 3 nitrogen and oxygen atoms in total. The maximum Gasteiger partial charge on any atom is 0.0632 e. The first-order valence-electron chi connectivity index (χ1n) is 6.95. The van der Waals surface area contributed by atoms with Crippen molar-refractivity contribution in [2.24, 2.45) is 4.99 Å². The number of dihydropyridines is 1. The minimum atomic E-state index is 0.467. The predicted octanol–water partition coefficient (Wildman–Crippen LogP) is 3.45. The average molecular weight is 243 g/mol. The Morgan fingerprint density at radius 2 is 2.17 bits per heavy atom. The molecular formula is C15H21N3. The van der Waals surface area contributed by atoms with Gasteiger partial charge in [-0.15, -0.1) is 0 Å². The summed E-state index contributed by atoms with van der Waals surface area (Å²) < 4.78 is 0. The molecule has 2 atom stereocenters. The molecule has 3 rings (SSSR count). The third-order valence-corrected chi connectivity index (χ3v) is 4.20. The smallest absolute Gasteiger partial charge is 0.0632 e. The van der Waals surface area contributed by atoms with Gasteiger partial charge in [-0.2, -0.15) is 5.10 Å². The Bertz CT molecular complexity index is 502. The van der Waals surface area contributed by atoms with Gasteiger partial charge in [0.2, 0.25) is 0 Å². The van der Waals surface area contributed by atoms with Crippen LogP contribution in [-0.4, -0.2) is 22.0 Å². The van der Waals surface area contributed by atoms with Gasteiger partial charge in [-0.25, -0.2) is 0 Å². The number of aliphatic imine (C=N–C) groups is 1. The Hall–Kier alpha value is -1.38. The lowest BCUT2D eigenvalue weighted by atomic mass is 9.76. The molecule has 0 saturated heterocycles. The fraction of sp³-hybridized carbons (Fsp3) is 0.600. The normalized spacial score (nSPS) is 27.5. The van der Waals surface area contributed by atoms with Crippen LogP contribution in [0.25, 0.3) is 0 Å². The van der Waals surface area contributed by atoms with Crippen LogP contribution in [0.15, 0.2) is 16.6 Å². The van der Waals surface area contributed by atoms with Crippen LogP contribution >= 0.6 is 0 Å². The largest absolute Gasteiger partial charge is 0.286 e. The Kier molecular flexibility index (Phi) is 2.84. The molecule has 1 aliphatic heterocycles. The van der Waals surface area contributed by atoms with Gasteiger partial charge < -0.3 is 0 Å². The van der Waals surface area contributed by atoms with Crippen LogP contribution in [0.2, 0.25) is 0 Å². The fourth-order valence-electron chi connectivity index (χ4n) is 3.36. The van der Waals surface area contributed by atoms with Gasteiger partial charge in [0.25, 0.3) is 0 Å². The van der Waals surface area contributed by atoms with E-state index in [1.165, 1.54) is 35.4 Å². The van der Waals surface area contributed by atoms with Gasteiger partial charge >= 0.3 is 0 Å². The topological polar surface area (TPSA) is 41.0 Å². The third kappa shape index (κ3) is 1.82. The first kappa shape index (κ1) is 11.7. The lowest BCUT2D eigenvalue weighted by Crippen LogP contribution is -2.23. The molecule has 1 aliphatic carbocycles. The van der Waals surface area contributed by atoms with Crippen molar-refractivity contribution in [3.8, 4) is 0 Å². The Balaban J connectivity index is 2.01. The Morgan fingerprint density at radius 3 is 2.89 bits per heavy atom. The highest BCUT2D eigenvalue weighted by Crippen LogP contribution is 2.40. The second kappa shape index (κ2) is 4.38. The summed E-state index contributed by atoms with van der Waals surface area (Å²) in [6.07, 6.45) is 7.15. The quantitative estimate of drug-likeness (QED) is 0.806. The summed E-state index contributed by atoms with van der Waals surface area (Å²) in [5.74, 6) is 0.517. The molecule has 18 heavy (non-hydrogen) atoms. The van der Waals surface area contributed by atoms with Crippen LogP contribution < -0.4 is 0 Å². The van der Waals surface area contributed by atoms with Crippen molar-refractivity contribution in [2.75, 3.05) is 0 Å². The fourth-order valence-corrected chi connectivity index (χ4v) is 3.36. The molecule has 1 aromatic heterocycles. The zero-order valence-corrected chi connectivity index (χ0v) is 11.5. The molecule has 1 saturated carbocycles. The molecule has 0 radical (unpaired) electrons. The number of allylic oxidation sites excluding steroid dienone is 1. The number of fused-ring (bicyclic) bond motifs is 1. The van der Waals surface area contributed by atoms with Crippen molar-refractivity contribution in [3.05, 3.63) is 28.6 Å². The van der Waals surface area contributed by atoms with E-state index in [9.17, 15) is 0 Å². The number of aromatic amines is 1. The van der Waals surface area contributed by atoms with E-state index in [2.05, 4.69) is 37.0 Å². The molecule has 1 N–H and O–H groups in total. The second-order valence-electron chi connectivity index (χ2n) is 5.61. The Labute approximate surface area is 108 Å². The zero-order chi connectivity index (χ0) is 12.7. The van der Waals surface area contributed by atoms with Crippen molar-refractivity contribution in [1.29, 1.82) is 0 Å². The number of aromatic nitrogens is 2. The van der Waals surface area contributed by atoms with E-state index in [4.69, 9.17) is 4.99 Å². The monoisotopic (exact) mass is 243 g/mol. The number of H-pyrrole nitrogens is 1. The molecule has 2 aliphatic rings. The molecule has 0 amide bonds. The van der Waals surface area contributed by atoms with Gasteiger partial charge in [-0.05, 0) is 52.0 Å². The van der Waals surface area contributed by atoms with E-state index >= 15 is 0 Å². The molecule has 2 heterocycles. The maximum absolute atomic E-state index is 4.84. The summed E-state index contributed by atoms with van der Waals surface area (Å²) in [6.45, 7) is 6.45. The van der Waals surface area contributed by atoms with Gasteiger partial charge in [0.15, 0.2) is 0 Å². The molecule has 1 aromatic rings. The predicted molar refractivity (Wildman–Crippen MR) is 74.3 cm³/mol. The molecule has 3 heteroatoms. The van der Waals surface area contributed by atoms with Gasteiger partial charge in [0, 0.05) is 22.9 Å². The van der Waals surface area contributed by atoms with Crippen LogP contribution in [0.4, 0.5) is 0 Å². The molecular weight excluding hydrogens is 222 g/mol. The van der Waals surface area contributed by atoms with Crippen molar-refractivity contribution < 1.29 is 0 Å². The number of nitrogens with one attached hydrogen (secondary N) is 1. The highest BCUT2D eigenvalue weighted by atomic mass is 15.1. The summed E-state index contributed by atoms with van der Waals surface area (Å²) >= 11 is 0. The van der Waals surface area contributed by atoms with Gasteiger partial charge in [0.05, 0.1) is 11.7 Å². The van der Waals surface area contributed by atoms with Crippen molar-refractivity contribution in [3.63, 3.8) is 0 Å². The molecule has 0 bridgehead atoms.